The van der Waals surface area contributed by atoms with Crippen molar-refractivity contribution in [3.8, 4) is 0 Å². The second kappa shape index (κ2) is 12.4. The number of carbonyl (C=O) groups excluding carboxylic acids is 3. The summed E-state index contributed by atoms with van der Waals surface area (Å²) in [6.07, 6.45) is 1.70. The number of amides is 1. The van der Waals surface area contributed by atoms with E-state index < -0.39 is 48.9 Å². The van der Waals surface area contributed by atoms with Crippen LogP contribution in [0.1, 0.15) is 43.2 Å². The third kappa shape index (κ3) is 7.31. The molecule has 0 aliphatic carbocycles. The molecule has 0 spiro atoms. The first-order chi connectivity index (χ1) is 15.3. The van der Waals surface area contributed by atoms with Gasteiger partial charge < -0.3 is 15.6 Å². The molecule has 1 amide bonds. The number of carbonyl (C=O) groups is 4. The molecule has 32 heavy (non-hydrogen) atoms. The topological polar surface area (TPSA) is 127 Å². The zero-order chi connectivity index (χ0) is 23.5. The van der Waals surface area contributed by atoms with Gasteiger partial charge in [0.05, 0.1) is 19.1 Å². The number of unbranched alkanes of at least 4 members (excludes halogenated alkanes) is 1. The standard InChI is InChI=1S/C24H28N2O6/c1-2-3-14-19(23(25)30)26(15-20(27)28)16-21(29)32-24(31)22(17-10-6-4-7-11-17)18-12-8-5-9-13-18/h4-13,19,22H,2-3,14-16H2,1H3,(H2,25,30)(H,27,28)/t19-/m0/s1. The lowest BCUT2D eigenvalue weighted by atomic mass is 9.91. The van der Waals surface area contributed by atoms with Crippen LogP contribution in [0, 0.1) is 0 Å². The first-order valence-electron chi connectivity index (χ1n) is 10.4. The van der Waals surface area contributed by atoms with Gasteiger partial charge in [-0.3, -0.25) is 24.1 Å². The maximum absolute atomic E-state index is 13.0. The molecule has 0 aromatic heterocycles. The van der Waals surface area contributed by atoms with Gasteiger partial charge in [0.2, 0.25) is 5.91 Å². The third-order valence-electron chi connectivity index (χ3n) is 4.99. The molecule has 0 fully saturated rings. The predicted molar refractivity (Wildman–Crippen MR) is 118 cm³/mol. The molecule has 8 heteroatoms. The predicted octanol–water partition coefficient (Wildman–Crippen LogP) is 2.32. The number of carboxylic acid groups (broad SMARTS) is 1. The van der Waals surface area contributed by atoms with E-state index in [0.29, 0.717) is 24.0 Å². The quantitative estimate of drug-likeness (QED) is 0.383. The van der Waals surface area contributed by atoms with Crippen molar-refractivity contribution in [1.29, 1.82) is 0 Å². The number of rotatable bonds is 12. The molecule has 8 nitrogen and oxygen atoms in total. The fourth-order valence-electron chi connectivity index (χ4n) is 3.48. The molecule has 0 radical (unpaired) electrons. The summed E-state index contributed by atoms with van der Waals surface area (Å²) in [6.45, 7) is 0.785. The lowest BCUT2D eigenvalue weighted by Crippen LogP contribution is -2.49. The summed E-state index contributed by atoms with van der Waals surface area (Å²) < 4.78 is 5.10. The molecule has 0 aliphatic rings. The number of nitrogens with zero attached hydrogens (tertiary/aromatic N) is 1. The van der Waals surface area contributed by atoms with Crippen molar-refractivity contribution < 1.29 is 29.0 Å². The zero-order valence-corrected chi connectivity index (χ0v) is 18.0. The van der Waals surface area contributed by atoms with E-state index in [9.17, 15) is 24.3 Å². The lowest BCUT2D eigenvalue weighted by molar-refractivity contribution is -0.161. The summed E-state index contributed by atoms with van der Waals surface area (Å²) >= 11 is 0. The molecule has 0 unspecified atom stereocenters. The Morgan fingerprint density at radius 1 is 0.938 bits per heavy atom. The molecule has 170 valence electrons. The van der Waals surface area contributed by atoms with E-state index in [-0.39, 0.29) is 0 Å². The van der Waals surface area contributed by atoms with Crippen LogP contribution >= 0.6 is 0 Å². The number of ether oxygens (including phenoxy) is 1. The highest BCUT2D eigenvalue weighted by Crippen LogP contribution is 2.26. The molecule has 0 saturated heterocycles. The third-order valence-corrected chi connectivity index (χ3v) is 4.99. The van der Waals surface area contributed by atoms with E-state index >= 15 is 0 Å². The fraction of sp³-hybridized carbons (Fsp3) is 0.333. The largest absolute Gasteiger partial charge is 0.480 e. The first-order valence-corrected chi connectivity index (χ1v) is 10.4. The Hall–Kier alpha value is -3.52. The van der Waals surface area contributed by atoms with Gasteiger partial charge in [-0.2, -0.15) is 0 Å². The van der Waals surface area contributed by atoms with Gasteiger partial charge in [0.15, 0.2) is 0 Å². The van der Waals surface area contributed by atoms with Crippen molar-refractivity contribution in [2.45, 2.75) is 38.1 Å². The number of benzene rings is 2. The fourth-order valence-corrected chi connectivity index (χ4v) is 3.48. The Morgan fingerprint density at radius 3 is 1.91 bits per heavy atom. The molecular weight excluding hydrogens is 412 g/mol. The highest BCUT2D eigenvalue weighted by Gasteiger charge is 2.31. The van der Waals surface area contributed by atoms with Crippen LogP contribution in [0.5, 0.6) is 0 Å². The number of hydrogen-bond donors (Lipinski definition) is 2. The summed E-state index contributed by atoms with van der Waals surface area (Å²) in [4.78, 5) is 49.8. The number of nitrogens with two attached hydrogens (primary N) is 1. The number of primary amides is 1. The first kappa shape index (κ1) is 24.7. The van der Waals surface area contributed by atoms with Crippen LogP contribution in [0.25, 0.3) is 0 Å². The van der Waals surface area contributed by atoms with Crippen molar-refractivity contribution >= 4 is 23.8 Å². The molecule has 0 bridgehead atoms. The molecule has 2 aromatic rings. The summed E-state index contributed by atoms with van der Waals surface area (Å²) in [5.41, 5.74) is 6.74. The Morgan fingerprint density at radius 2 is 1.47 bits per heavy atom. The van der Waals surface area contributed by atoms with E-state index in [2.05, 4.69) is 0 Å². The van der Waals surface area contributed by atoms with Crippen LogP contribution in [-0.4, -0.2) is 53.0 Å². The summed E-state index contributed by atoms with van der Waals surface area (Å²) in [6, 6.07) is 16.8. The molecule has 3 N–H and O–H groups in total. The summed E-state index contributed by atoms with van der Waals surface area (Å²) in [7, 11) is 0. The van der Waals surface area contributed by atoms with Crippen molar-refractivity contribution in [3.63, 3.8) is 0 Å². The van der Waals surface area contributed by atoms with Gasteiger partial charge in [-0.25, -0.2) is 0 Å². The maximum Gasteiger partial charge on any atom is 0.327 e. The second-order valence-corrected chi connectivity index (χ2v) is 7.41. The SMILES string of the molecule is CCCC[C@@H](C(N)=O)N(CC(=O)O)CC(=O)OC(=O)C(c1ccccc1)c1ccccc1. The number of esters is 2. The Balaban J connectivity index is 2.20. The average molecular weight is 440 g/mol. The van der Waals surface area contributed by atoms with Crippen LogP contribution in [-0.2, 0) is 23.9 Å². The van der Waals surface area contributed by atoms with Crippen LogP contribution in [0.15, 0.2) is 60.7 Å². The smallest absolute Gasteiger partial charge is 0.327 e. The van der Waals surface area contributed by atoms with E-state index in [1.807, 2.05) is 19.1 Å². The van der Waals surface area contributed by atoms with Gasteiger partial charge in [0.1, 0.15) is 5.92 Å². The van der Waals surface area contributed by atoms with Gasteiger partial charge in [0.25, 0.3) is 0 Å². The minimum absolute atomic E-state index is 0.303. The van der Waals surface area contributed by atoms with Gasteiger partial charge in [-0.1, -0.05) is 80.4 Å². The molecule has 2 aromatic carbocycles. The Bertz CT molecular complexity index is 877. The molecule has 1 atom stereocenters. The molecule has 0 saturated carbocycles. The van der Waals surface area contributed by atoms with Crippen molar-refractivity contribution in [3.05, 3.63) is 71.8 Å². The van der Waals surface area contributed by atoms with Crippen molar-refractivity contribution in [2.24, 2.45) is 5.73 Å². The van der Waals surface area contributed by atoms with E-state index in [4.69, 9.17) is 10.5 Å². The van der Waals surface area contributed by atoms with Crippen LogP contribution in [0.2, 0.25) is 0 Å². The van der Waals surface area contributed by atoms with Gasteiger partial charge >= 0.3 is 17.9 Å². The highest BCUT2D eigenvalue weighted by atomic mass is 16.6. The monoisotopic (exact) mass is 440 g/mol. The van der Waals surface area contributed by atoms with Gasteiger partial charge in [0, 0.05) is 0 Å². The van der Waals surface area contributed by atoms with Gasteiger partial charge in [-0.05, 0) is 17.5 Å². The second-order valence-electron chi connectivity index (χ2n) is 7.41. The van der Waals surface area contributed by atoms with Crippen LogP contribution in [0.3, 0.4) is 0 Å². The van der Waals surface area contributed by atoms with Gasteiger partial charge in [-0.15, -0.1) is 0 Å². The van der Waals surface area contributed by atoms with Crippen molar-refractivity contribution in [2.75, 3.05) is 13.1 Å². The Kier molecular flexibility index (Phi) is 9.56. The Labute approximate surface area is 187 Å². The van der Waals surface area contributed by atoms with Crippen LogP contribution in [0.4, 0.5) is 0 Å². The maximum atomic E-state index is 13.0. The number of hydrogen-bond acceptors (Lipinski definition) is 6. The lowest BCUT2D eigenvalue weighted by Gasteiger charge is -2.27. The summed E-state index contributed by atoms with van der Waals surface area (Å²) in [5, 5.41) is 9.21. The van der Waals surface area contributed by atoms with E-state index in [1.54, 1.807) is 48.5 Å². The van der Waals surface area contributed by atoms with Crippen LogP contribution < -0.4 is 5.73 Å². The average Bonchev–Trinajstić information content (AvgIpc) is 2.75. The number of aliphatic carboxylic acids is 1. The zero-order valence-electron chi connectivity index (χ0n) is 18.0. The minimum Gasteiger partial charge on any atom is -0.480 e. The minimum atomic E-state index is -1.22. The van der Waals surface area contributed by atoms with E-state index in [0.717, 1.165) is 11.3 Å². The molecule has 0 heterocycles. The molecular formula is C24H28N2O6. The molecule has 2 rings (SSSR count). The summed E-state index contributed by atoms with van der Waals surface area (Å²) in [5.74, 6) is -4.52. The highest BCUT2D eigenvalue weighted by molar-refractivity contribution is 5.92. The normalized spacial score (nSPS) is 11.8. The number of carboxylic acids is 1. The van der Waals surface area contributed by atoms with E-state index in [1.165, 1.54) is 0 Å². The van der Waals surface area contributed by atoms with Crippen molar-refractivity contribution in [1.82, 2.24) is 4.90 Å². The molecule has 0 aliphatic heterocycles.